The predicted octanol–water partition coefficient (Wildman–Crippen LogP) is 3.25. The van der Waals surface area contributed by atoms with Crippen molar-refractivity contribution in [1.29, 1.82) is 0 Å². The summed E-state index contributed by atoms with van der Waals surface area (Å²) < 4.78 is 65.4. The molecule has 49 heavy (non-hydrogen) atoms. The zero-order valence-corrected chi connectivity index (χ0v) is 29.2. The molecule has 3 aromatic rings. The van der Waals surface area contributed by atoms with Crippen molar-refractivity contribution in [2.75, 3.05) is 13.7 Å². The van der Waals surface area contributed by atoms with E-state index in [1.165, 1.54) is 43.0 Å². The highest BCUT2D eigenvalue weighted by atomic mass is 31.3. The summed E-state index contributed by atoms with van der Waals surface area (Å²) in [7, 11) is -15.4. The van der Waals surface area contributed by atoms with Gasteiger partial charge in [-0.25, -0.2) is 18.7 Å². The number of methoxy groups -OCH3 is 1. The summed E-state index contributed by atoms with van der Waals surface area (Å²) in [6.45, 7) is 5.84. The highest BCUT2D eigenvalue weighted by Crippen LogP contribution is 2.66. The maximum Gasteiger partial charge on any atom is 0.490 e. The van der Waals surface area contributed by atoms with Gasteiger partial charge in [0.05, 0.1) is 48.4 Å². The zero-order valence-electron chi connectivity index (χ0n) is 26.6. The second-order valence-corrected chi connectivity index (χ2v) is 16.4. The van der Waals surface area contributed by atoms with Gasteiger partial charge in [-0.15, -0.1) is 0 Å². The number of aromatic amines is 1. The molecule has 1 saturated heterocycles. The van der Waals surface area contributed by atoms with Gasteiger partial charge in [-0.1, -0.05) is 20.8 Å². The van der Waals surface area contributed by atoms with Crippen molar-refractivity contribution in [2.45, 2.75) is 65.3 Å². The third-order valence-electron chi connectivity index (χ3n) is 7.12. The zero-order chi connectivity index (χ0) is 36.7. The minimum absolute atomic E-state index is 0.0909. The minimum Gasteiger partial charge on any atom is -0.497 e. The van der Waals surface area contributed by atoms with E-state index in [2.05, 4.69) is 23.1 Å². The summed E-state index contributed by atoms with van der Waals surface area (Å²) in [6, 6.07) is 4.27. The standard InChI is InChI=1S/C25H35N4O17P3/c1-13-26-23-21(24(31)27-13)14(11-42-22(25(2,3)4)16-8-15(41-5)6-7-17(16)29(32)33)10-28(23)20-9-18(30)19(44-20)12-43-48(37,38)46-49(39,40)45-47(34,35)36/h6-8,10,18-20,22,30H,9,11-12H2,1-5H3,(H,37,38)(H,39,40)(H,26,27,31)(H2,34,35,36)/t18?,19-,20-,22-/m1/s1. The molecule has 0 saturated carbocycles. The van der Waals surface area contributed by atoms with Crippen LogP contribution in [0.25, 0.3) is 11.0 Å². The third-order valence-corrected chi connectivity index (χ3v) is 10.9. The number of nitrogens with zero attached hydrogens (tertiary/aromatic N) is 3. The summed E-state index contributed by atoms with van der Waals surface area (Å²) >= 11 is 0. The summed E-state index contributed by atoms with van der Waals surface area (Å²) in [4.78, 5) is 68.1. The number of nitrogens with one attached hydrogen (secondary N) is 1. The number of hydrogen-bond acceptors (Lipinski definition) is 14. The van der Waals surface area contributed by atoms with Crippen LogP contribution in [0, 0.1) is 22.5 Å². The van der Waals surface area contributed by atoms with Gasteiger partial charge in [-0.05, 0) is 24.5 Å². The molecular weight excluding hydrogens is 721 g/mol. The molecule has 1 aliphatic rings. The fraction of sp³-hybridized carbons (Fsp3) is 0.520. The first-order valence-corrected chi connectivity index (χ1v) is 18.7. The monoisotopic (exact) mass is 756 g/mol. The molecule has 1 aliphatic heterocycles. The molecule has 3 unspecified atom stereocenters. The predicted molar refractivity (Wildman–Crippen MR) is 166 cm³/mol. The molecule has 4 rings (SSSR count). The molecule has 272 valence electrons. The van der Waals surface area contributed by atoms with Crippen LogP contribution in [-0.2, 0) is 42.9 Å². The summed E-state index contributed by atoms with van der Waals surface area (Å²) in [5.74, 6) is 0.595. The SMILES string of the molecule is COc1ccc([N+](=O)[O-])c([C@@H](OCc2cn([C@H]3CC(O)[C@@H](COP(=O)(O)OP(=O)(O)OP(=O)(O)O)O3)c3nc(C)[nH]c(=O)c23)C(C)(C)C)c1. The van der Waals surface area contributed by atoms with Gasteiger partial charge in [0.25, 0.3) is 11.2 Å². The van der Waals surface area contributed by atoms with E-state index in [9.17, 15) is 43.5 Å². The van der Waals surface area contributed by atoms with E-state index in [4.69, 9.17) is 24.0 Å². The van der Waals surface area contributed by atoms with Crippen LogP contribution >= 0.6 is 23.5 Å². The van der Waals surface area contributed by atoms with E-state index >= 15 is 0 Å². The minimum atomic E-state index is -5.76. The lowest BCUT2D eigenvalue weighted by atomic mass is 9.83. The molecule has 2 aromatic heterocycles. The van der Waals surface area contributed by atoms with Crippen molar-refractivity contribution in [3.05, 3.63) is 61.8 Å². The van der Waals surface area contributed by atoms with Crippen molar-refractivity contribution in [3.63, 3.8) is 0 Å². The number of phosphoric acid groups is 3. The number of aliphatic hydroxyl groups is 1. The van der Waals surface area contributed by atoms with Gasteiger partial charge < -0.3 is 48.4 Å². The Morgan fingerprint density at radius 1 is 1.16 bits per heavy atom. The Hall–Kier alpha value is -2.87. The van der Waals surface area contributed by atoms with Crippen LogP contribution in [0.1, 0.15) is 56.5 Å². The molecule has 1 aromatic carbocycles. The van der Waals surface area contributed by atoms with Gasteiger partial charge in [-0.3, -0.25) is 19.4 Å². The van der Waals surface area contributed by atoms with Gasteiger partial charge >= 0.3 is 23.5 Å². The Bertz CT molecular complexity index is 1920. The van der Waals surface area contributed by atoms with E-state index in [0.717, 1.165) is 0 Å². The number of ether oxygens (including phenoxy) is 3. The Labute approximate surface area is 277 Å². The summed E-state index contributed by atoms with van der Waals surface area (Å²) in [6.07, 6.45) is -3.32. The van der Waals surface area contributed by atoms with Crippen LogP contribution in [0.4, 0.5) is 5.69 Å². The lowest BCUT2D eigenvalue weighted by Gasteiger charge is -2.31. The first-order valence-electron chi connectivity index (χ1n) is 14.2. The topological polar surface area (TPSA) is 302 Å². The van der Waals surface area contributed by atoms with Crippen molar-refractivity contribution in [2.24, 2.45) is 5.41 Å². The van der Waals surface area contributed by atoms with Crippen LogP contribution in [0.2, 0.25) is 0 Å². The van der Waals surface area contributed by atoms with Gasteiger partial charge in [0.2, 0.25) is 0 Å². The smallest absolute Gasteiger partial charge is 0.490 e. The molecule has 1 fully saturated rings. The second kappa shape index (κ2) is 14.4. The number of rotatable bonds is 14. The molecule has 6 N–H and O–H groups in total. The molecule has 3 heterocycles. The maximum atomic E-state index is 13.2. The number of hydrogen-bond donors (Lipinski definition) is 6. The Kier molecular flexibility index (Phi) is 11.4. The Morgan fingerprint density at radius 3 is 2.43 bits per heavy atom. The summed E-state index contributed by atoms with van der Waals surface area (Å²) in [5.41, 5.74) is -0.770. The van der Waals surface area contributed by atoms with Gasteiger partial charge in [0.15, 0.2) is 0 Å². The summed E-state index contributed by atoms with van der Waals surface area (Å²) in [5, 5.41) is 22.7. The molecule has 0 amide bonds. The van der Waals surface area contributed by atoms with Crippen LogP contribution < -0.4 is 10.3 Å². The van der Waals surface area contributed by atoms with E-state index < -0.39 is 70.5 Å². The number of phosphoric ester groups is 1. The fourth-order valence-corrected chi connectivity index (χ4v) is 8.22. The molecule has 0 aliphatic carbocycles. The Balaban J connectivity index is 1.60. The quantitative estimate of drug-likeness (QED) is 0.0781. The number of benzene rings is 1. The molecule has 6 atom stereocenters. The molecule has 0 radical (unpaired) electrons. The third kappa shape index (κ3) is 9.68. The van der Waals surface area contributed by atoms with E-state index in [-0.39, 0.29) is 41.1 Å². The van der Waals surface area contributed by atoms with Crippen molar-refractivity contribution >= 4 is 40.2 Å². The number of nitro groups is 1. The van der Waals surface area contributed by atoms with E-state index in [0.29, 0.717) is 11.3 Å². The number of nitro benzene ring substituents is 1. The number of aliphatic hydroxyl groups excluding tert-OH is 1. The van der Waals surface area contributed by atoms with E-state index in [1.807, 2.05) is 20.8 Å². The molecule has 24 heteroatoms. The van der Waals surface area contributed by atoms with Crippen LogP contribution in [0.3, 0.4) is 0 Å². The highest BCUT2D eigenvalue weighted by molar-refractivity contribution is 7.66. The molecular formula is C25H35N4O17P3. The fourth-order valence-electron chi connectivity index (χ4n) is 5.19. The van der Waals surface area contributed by atoms with Crippen LogP contribution in [-0.4, -0.2) is 70.1 Å². The largest absolute Gasteiger partial charge is 0.497 e. The van der Waals surface area contributed by atoms with Gasteiger partial charge in [0, 0.05) is 24.2 Å². The molecule has 0 bridgehead atoms. The first kappa shape index (κ1) is 38.9. The van der Waals surface area contributed by atoms with E-state index in [1.54, 1.807) is 0 Å². The van der Waals surface area contributed by atoms with Gasteiger partial charge in [-0.2, -0.15) is 8.62 Å². The lowest BCUT2D eigenvalue weighted by Crippen LogP contribution is -2.26. The van der Waals surface area contributed by atoms with Crippen molar-refractivity contribution in [1.82, 2.24) is 14.5 Å². The molecule has 21 nitrogen and oxygen atoms in total. The average molecular weight is 756 g/mol. The van der Waals surface area contributed by atoms with Crippen molar-refractivity contribution < 1.29 is 70.7 Å². The maximum absolute atomic E-state index is 13.2. The number of fused-ring (bicyclic) bond motifs is 1. The average Bonchev–Trinajstić information content (AvgIpc) is 3.48. The van der Waals surface area contributed by atoms with Gasteiger partial charge in [0.1, 0.15) is 29.6 Å². The van der Waals surface area contributed by atoms with Crippen LogP contribution in [0.15, 0.2) is 29.2 Å². The normalized spacial score (nSPS) is 21.7. The van der Waals surface area contributed by atoms with Crippen LogP contribution in [0.5, 0.6) is 5.75 Å². The Morgan fingerprint density at radius 2 is 1.84 bits per heavy atom. The second-order valence-electron chi connectivity index (χ2n) is 12.0. The number of aryl methyl sites for hydroxylation is 1. The molecule has 0 spiro atoms. The number of aromatic nitrogens is 3. The lowest BCUT2D eigenvalue weighted by molar-refractivity contribution is -0.386. The first-order chi connectivity index (χ1) is 22.5. The number of H-pyrrole nitrogens is 1. The highest BCUT2D eigenvalue weighted by Gasteiger charge is 2.43. The van der Waals surface area contributed by atoms with Crippen molar-refractivity contribution in [3.8, 4) is 5.75 Å².